The van der Waals surface area contributed by atoms with Gasteiger partial charge in [0.2, 0.25) is 0 Å². The van der Waals surface area contributed by atoms with Crippen LogP contribution < -0.4 is 15.6 Å². The molecule has 1 aliphatic rings. The second-order valence-corrected chi connectivity index (χ2v) is 11.1. The van der Waals surface area contributed by atoms with E-state index in [1.807, 2.05) is 6.07 Å². The molecule has 0 unspecified atom stereocenters. The van der Waals surface area contributed by atoms with E-state index in [0.29, 0.717) is 16.1 Å². The van der Waals surface area contributed by atoms with E-state index in [1.54, 1.807) is 11.4 Å². The zero-order valence-electron chi connectivity index (χ0n) is 16.5. The lowest BCUT2D eigenvalue weighted by Gasteiger charge is -2.09. The molecule has 0 radical (unpaired) electrons. The molecule has 1 aliphatic carbocycles. The third-order valence-corrected chi connectivity index (χ3v) is 8.93. The predicted molar refractivity (Wildman–Crippen MR) is 122 cm³/mol. The Morgan fingerprint density at radius 3 is 2.39 bits per heavy atom. The number of hydrogen-bond donors (Lipinski definition) is 3. The first kappa shape index (κ1) is 21.5. The molecular formula is C21H21N3O4S3. The average Bonchev–Trinajstić information content (AvgIpc) is 3.39. The fraction of sp³-hybridized carbons (Fsp3) is 0.238. The molecule has 162 valence electrons. The van der Waals surface area contributed by atoms with E-state index in [-0.39, 0.29) is 10.1 Å². The topological polar surface area (TPSA) is 104 Å². The number of anilines is 1. The van der Waals surface area contributed by atoms with Crippen molar-refractivity contribution in [1.29, 1.82) is 0 Å². The first-order chi connectivity index (χ1) is 14.9. The van der Waals surface area contributed by atoms with Crippen molar-refractivity contribution in [3.63, 3.8) is 0 Å². The number of sulfonamides is 1. The molecule has 0 bridgehead atoms. The Kier molecular flexibility index (Phi) is 6.40. The third kappa shape index (κ3) is 5.15. The number of benzene rings is 1. The molecule has 0 atom stereocenters. The second-order valence-electron chi connectivity index (χ2n) is 7.14. The van der Waals surface area contributed by atoms with Gasteiger partial charge in [-0.05, 0) is 73.0 Å². The maximum absolute atomic E-state index is 12.4. The summed E-state index contributed by atoms with van der Waals surface area (Å²) in [6, 6.07) is 11.1. The smallest absolute Gasteiger partial charge is 0.279 e. The largest absolute Gasteiger partial charge is 0.279 e. The van der Waals surface area contributed by atoms with E-state index in [9.17, 15) is 18.0 Å². The predicted octanol–water partition coefficient (Wildman–Crippen LogP) is 3.95. The number of aryl methyl sites for hydroxylation is 2. The zero-order chi connectivity index (χ0) is 21.8. The van der Waals surface area contributed by atoms with E-state index in [1.165, 1.54) is 58.5 Å². The maximum atomic E-state index is 12.4. The molecule has 0 saturated carbocycles. The summed E-state index contributed by atoms with van der Waals surface area (Å²) in [5.74, 6) is -0.828. The lowest BCUT2D eigenvalue weighted by Crippen LogP contribution is -2.41. The standard InChI is InChI=1S/C21H21N3O4S3/c25-20(22-23-21(26)18-13-15-5-2-1-3-6-17(15)30-18)14-8-10-16(11-9-14)24-31(27,28)19-7-4-12-29-19/h4,7-13,24H,1-3,5-6H2,(H,22,25)(H,23,26). The van der Waals surface area contributed by atoms with Crippen molar-refractivity contribution in [1.82, 2.24) is 10.9 Å². The van der Waals surface area contributed by atoms with Gasteiger partial charge in [0.05, 0.1) is 4.88 Å². The van der Waals surface area contributed by atoms with E-state index in [2.05, 4.69) is 15.6 Å². The first-order valence-corrected chi connectivity index (χ1v) is 13.0. The number of carbonyl (C=O) groups is 2. The van der Waals surface area contributed by atoms with Gasteiger partial charge in [-0.25, -0.2) is 8.42 Å². The minimum Gasteiger partial charge on any atom is -0.279 e. The molecule has 0 aliphatic heterocycles. The van der Waals surface area contributed by atoms with Gasteiger partial charge in [-0.15, -0.1) is 22.7 Å². The summed E-state index contributed by atoms with van der Waals surface area (Å²) in [5.41, 5.74) is 6.74. The van der Waals surface area contributed by atoms with Gasteiger partial charge in [-0.3, -0.25) is 25.2 Å². The summed E-state index contributed by atoms with van der Waals surface area (Å²) in [4.78, 5) is 26.6. The van der Waals surface area contributed by atoms with Gasteiger partial charge in [0.15, 0.2) is 0 Å². The quantitative estimate of drug-likeness (QED) is 0.384. The highest BCUT2D eigenvalue weighted by Crippen LogP contribution is 2.28. The van der Waals surface area contributed by atoms with Crippen molar-refractivity contribution in [2.45, 2.75) is 36.3 Å². The number of fused-ring (bicyclic) bond motifs is 1. The fourth-order valence-corrected chi connectivity index (χ4v) is 6.54. The molecule has 0 spiro atoms. The van der Waals surface area contributed by atoms with Crippen molar-refractivity contribution in [2.24, 2.45) is 0 Å². The summed E-state index contributed by atoms with van der Waals surface area (Å²) < 4.78 is 27.2. The summed E-state index contributed by atoms with van der Waals surface area (Å²) in [7, 11) is -3.65. The van der Waals surface area contributed by atoms with E-state index in [4.69, 9.17) is 0 Å². The van der Waals surface area contributed by atoms with Gasteiger partial charge < -0.3 is 0 Å². The molecular weight excluding hydrogens is 454 g/mol. The average molecular weight is 476 g/mol. The lowest BCUT2D eigenvalue weighted by molar-refractivity contribution is 0.0849. The highest BCUT2D eigenvalue weighted by atomic mass is 32.2. The Balaban J connectivity index is 1.34. The summed E-state index contributed by atoms with van der Waals surface area (Å²) >= 11 is 2.60. The number of thiophene rings is 2. The van der Waals surface area contributed by atoms with E-state index >= 15 is 0 Å². The molecule has 2 aromatic heterocycles. The van der Waals surface area contributed by atoms with Gasteiger partial charge >= 0.3 is 0 Å². The Labute approximate surface area is 188 Å². The molecule has 3 N–H and O–H groups in total. The van der Waals surface area contributed by atoms with Crippen LogP contribution in [0.2, 0.25) is 0 Å². The summed E-state index contributed by atoms with van der Waals surface area (Å²) in [6.45, 7) is 0. The molecule has 31 heavy (non-hydrogen) atoms. The Bertz CT molecular complexity index is 1160. The van der Waals surface area contributed by atoms with E-state index < -0.39 is 15.9 Å². The van der Waals surface area contributed by atoms with Crippen molar-refractivity contribution in [3.8, 4) is 0 Å². The minimum absolute atomic E-state index is 0.211. The van der Waals surface area contributed by atoms with Crippen LogP contribution in [0.5, 0.6) is 0 Å². The maximum Gasteiger partial charge on any atom is 0.279 e. The van der Waals surface area contributed by atoms with Crippen LogP contribution in [0.25, 0.3) is 0 Å². The lowest BCUT2D eigenvalue weighted by atomic mass is 10.1. The molecule has 0 fully saturated rings. The van der Waals surface area contributed by atoms with Crippen LogP contribution in [0.15, 0.2) is 52.1 Å². The van der Waals surface area contributed by atoms with Gasteiger partial charge in [-0.2, -0.15) is 0 Å². The highest BCUT2D eigenvalue weighted by molar-refractivity contribution is 7.94. The van der Waals surface area contributed by atoms with Crippen LogP contribution in [0, 0.1) is 0 Å². The molecule has 2 amide bonds. The molecule has 4 rings (SSSR count). The van der Waals surface area contributed by atoms with Crippen LogP contribution in [-0.4, -0.2) is 20.2 Å². The van der Waals surface area contributed by atoms with Crippen LogP contribution >= 0.6 is 22.7 Å². The molecule has 0 saturated heterocycles. The number of hydrazine groups is 1. The number of carbonyl (C=O) groups excluding carboxylic acids is 2. The van der Waals surface area contributed by atoms with Crippen molar-refractivity contribution in [3.05, 3.63) is 68.7 Å². The highest BCUT2D eigenvalue weighted by Gasteiger charge is 2.18. The van der Waals surface area contributed by atoms with Crippen LogP contribution in [0.1, 0.15) is 49.7 Å². The number of nitrogens with one attached hydrogen (secondary N) is 3. The SMILES string of the molecule is O=C(NNC(=O)c1cc2c(s1)CCCCC2)c1ccc(NS(=O)(=O)c2cccs2)cc1. The zero-order valence-corrected chi connectivity index (χ0v) is 19.0. The number of hydrogen-bond acceptors (Lipinski definition) is 6. The van der Waals surface area contributed by atoms with E-state index in [0.717, 1.165) is 37.0 Å². The van der Waals surface area contributed by atoms with Crippen molar-refractivity contribution < 1.29 is 18.0 Å². The normalized spacial score (nSPS) is 13.7. The van der Waals surface area contributed by atoms with Gasteiger partial charge in [0, 0.05) is 16.1 Å². The Morgan fingerprint density at radius 1 is 0.903 bits per heavy atom. The fourth-order valence-electron chi connectivity index (χ4n) is 3.34. The van der Waals surface area contributed by atoms with Crippen LogP contribution in [-0.2, 0) is 22.9 Å². The molecule has 10 heteroatoms. The molecule has 3 aromatic rings. The minimum atomic E-state index is -3.65. The van der Waals surface area contributed by atoms with Gasteiger partial charge in [-0.1, -0.05) is 12.5 Å². The van der Waals surface area contributed by atoms with Crippen molar-refractivity contribution in [2.75, 3.05) is 4.72 Å². The first-order valence-electron chi connectivity index (χ1n) is 9.81. The number of rotatable bonds is 5. The second kappa shape index (κ2) is 9.21. The molecule has 7 nitrogen and oxygen atoms in total. The monoisotopic (exact) mass is 475 g/mol. The molecule has 2 heterocycles. The number of amides is 2. The van der Waals surface area contributed by atoms with Gasteiger partial charge in [0.25, 0.3) is 21.8 Å². The van der Waals surface area contributed by atoms with Gasteiger partial charge in [0.1, 0.15) is 4.21 Å². The van der Waals surface area contributed by atoms with Crippen LogP contribution in [0.4, 0.5) is 5.69 Å². The summed E-state index contributed by atoms with van der Waals surface area (Å²) in [6.07, 6.45) is 5.50. The molecule has 1 aromatic carbocycles. The third-order valence-electron chi connectivity index (χ3n) is 4.92. The Morgan fingerprint density at radius 2 is 1.65 bits per heavy atom. The van der Waals surface area contributed by atoms with Crippen LogP contribution in [0.3, 0.4) is 0 Å². The van der Waals surface area contributed by atoms with Crippen molar-refractivity contribution >= 4 is 50.2 Å². The summed E-state index contributed by atoms with van der Waals surface area (Å²) in [5, 5.41) is 1.68. The Hall–Kier alpha value is -2.69.